The molecule has 2 heterocycles. The van der Waals surface area contributed by atoms with Crippen LogP contribution < -0.4 is 10.5 Å². The molecule has 0 amide bonds. The topological polar surface area (TPSA) is 81.4 Å². The quantitative estimate of drug-likeness (QED) is 0.816. The Kier molecular flexibility index (Phi) is 3.60. The number of sulfonamides is 1. The minimum absolute atomic E-state index is 0.103. The van der Waals surface area contributed by atoms with E-state index in [2.05, 4.69) is 4.72 Å². The van der Waals surface area contributed by atoms with E-state index in [1.54, 1.807) is 12.1 Å². The van der Waals surface area contributed by atoms with Gasteiger partial charge in [-0.15, -0.1) is 11.3 Å². The van der Waals surface area contributed by atoms with Crippen molar-refractivity contribution in [1.29, 1.82) is 0 Å². The van der Waals surface area contributed by atoms with Crippen molar-refractivity contribution in [2.45, 2.75) is 23.2 Å². The summed E-state index contributed by atoms with van der Waals surface area (Å²) in [4.78, 5) is 0.864. The van der Waals surface area contributed by atoms with Crippen molar-refractivity contribution < 1.29 is 13.2 Å². The van der Waals surface area contributed by atoms with Gasteiger partial charge >= 0.3 is 0 Å². The number of hydrogen-bond acceptors (Lipinski definition) is 5. The second kappa shape index (κ2) is 4.80. The first-order valence-corrected chi connectivity index (χ1v) is 7.30. The van der Waals surface area contributed by atoms with Gasteiger partial charge in [0.2, 0.25) is 10.0 Å². The smallest absolute Gasteiger partial charge is 0.250 e. The zero-order chi connectivity index (χ0) is 11.6. The van der Waals surface area contributed by atoms with Crippen molar-refractivity contribution in [1.82, 2.24) is 4.72 Å². The number of nitrogens with two attached hydrogens (primary N) is 1. The van der Waals surface area contributed by atoms with E-state index in [4.69, 9.17) is 10.5 Å². The third-order valence-corrected chi connectivity index (χ3v) is 5.47. The van der Waals surface area contributed by atoms with Crippen molar-refractivity contribution in [3.05, 3.63) is 17.0 Å². The Morgan fingerprint density at radius 1 is 1.56 bits per heavy atom. The fourth-order valence-electron chi connectivity index (χ4n) is 1.52. The van der Waals surface area contributed by atoms with Crippen LogP contribution >= 0.6 is 11.3 Å². The van der Waals surface area contributed by atoms with Crippen LogP contribution in [0.25, 0.3) is 0 Å². The van der Waals surface area contributed by atoms with Gasteiger partial charge in [-0.2, -0.15) is 0 Å². The molecule has 90 valence electrons. The second-order valence-corrected chi connectivity index (χ2v) is 6.72. The van der Waals surface area contributed by atoms with Crippen molar-refractivity contribution >= 4 is 21.4 Å². The number of thiophene rings is 1. The molecule has 1 saturated heterocycles. The van der Waals surface area contributed by atoms with Gasteiger partial charge in [-0.1, -0.05) is 0 Å². The molecule has 1 aromatic rings. The van der Waals surface area contributed by atoms with Crippen molar-refractivity contribution in [2.75, 3.05) is 13.2 Å². The van der Waals surface area contributed by atoms with E-state index in [0.717, 1.165) is 11.3 Å². The number of hydrogen-bond donors (Lipinski definition) is 2. The molecule has 0 saturated carbocycles. The van der Waals surface area contributed by atoms with Gasteiger partial charge in [0.05, 0.1) is 6.61 Å². The van der Waals surface area contributed by atoms with Crippen LogP contribution in [0.5, 0.6) is 0 Å². The first-order valence-electron chi connectivity index (χ1n) is 5.00. The van der Waals surface area contributed by atoms with Crippen LogP contribution in [-0.4, -0.2) is 27.7 Å². The Labute approximate surface area is 98.7 Å². The molecule has 0 radical (unpaired) electrons. The van der Waals surface area contributed by atoms with Crippen molar-refractivity contribution in [2.24, 2.45) is 5.73 Å². The molecule has 0 spiro atoms. The predicted molar refractivity (Wildman–Crippen MR) is 61.8 cm³/mol. The third-order valence-electron chi connectivity index (χ3n) is 2.35. The number of rotatable bonds is 4. The molecule has 1 aromatic heterocycles. The minimum Gasteiger partial charge on any atom is -0.380 e. The Morgan fingerprint density at radius 2 is 2.38 bits per heavy atom. The molecule has 3 N–H and O–H groups in total. The Morgan fingerprint density at radius 3 is 2.94 bits per heavy atom. The van der Waals surface area contributed by atoms with E-state index in [9.17, 15) is 8.42 Å². The summed E-state index contributed by atoms with van der Waals surface area (Å²) >= 11 is 1.21. The van der Waals surface area contributed by atoms with Gasteiger partial charge in [-0.05, 0) is 18.6 Å². The molecular weight excluding hydrogens is 248 g/mol. The summed E-state index contributed by atoms with van der Waals surface area (Å²) in [6, 6.07) is 3.23. The maximum Gasteiger partial charge on any atom is 0.250 e. The first-order chi connectivity index (χ1) is 7.62. The maximum atomic E-state index is 11.9. The molecule has 1 unspecified atom stereocenters. The summed E-state index contributed by atoms with van der Waals surface area (Å²) in [6.45, 7) is 1.44. The molecule has 0 aromatic carbocycles. The number of nitrogens with one attached hydrogen (secondary N) is 1. The van der Waals surface area contributed by atoms with Crippen LogP contribution in [0.2, 0.25) is 0 Å². The van der Waals surface area contributed by atoms with Crippen LogP contribution in [-0.2, 0) is 21.3 Å². The van der Waals surface area contributed by atoms with Gasteiger partial charge in [-0.25, -0.2) is 13.1 Å². The molecule has 1 fully saturated rings. The van der Waals surface area contributed by atoms with Crippen LogP contribution in [0.1, 0.15) is 11.3 Å². The standard InChI is InChI=1S/C9H14N2O3S2/c10-5-8-1-2-9(15-8)16(12,13)11-7-3-4-14-6-7/h1-2,7,11H,3-6,10H2. The second-order valence-electron chi connectivity index (χ2n) is 3.61. The van der Waals surface area contributed by atoms with Crippen LogP contribution in [0, 0.1) is 0 Å². The fourth-order valence-corrected chi connectivity index (χ4v) is 4.02. The molecule has 0 aliphatic carbocycles. The largest absolute Gasteiger partial charge is 0.380 e. The molecule has 0 bridgehead atoms. The molecule has 7 heteroatoms. The highest BCUT2D eigenvalue weighted by Gasteiger charge is 2.24. The normalized spacial score (nSPS) is 21.4. The SMILES string of the molecule is NCc1ccc(S(=O)(=O)NC2CCOC2)s1. The summed E-state index contributed by atoms with van der Waals surface area (Å²) in [5.41, 5.74) is 5.45. The summed E-state index contributed by atoms with van der Waals surface area (Å²) in [7, 11) is -3.40. The third kappa shape index (κ3) is 2.61. The van der Waals surface area contributed by atoms with E-state index < -0.39 is 10.0 Å². The van der Waals surface area contributed by atoms with Gasteiger partial charge in [0.1, 0.15) is 4.21 Å². The van der Waals surface area contributed by atoms with Gasteiger partial charge in [-0.3, -0.25) is 0 Å². The van der Waals surface area contributed by atoms with Gasteiger partial charge in [0.25, 0.3) is 0 Å². The monoisotopic (exact) mass is 262 g/mol. The van der Waals surface area contributed by atoms with E-state index >= 15 is 0 Å². The average Bonchev–Trinajstić information content (AvgIpc) is 2.85. The number of ether oxygens (including phenoxy) is 1. The van der Waals surface area contributed by atoms with Crippen LogP contribution in [0.3, 0.4) is 0 Å². The molecule has 1 aliphatic rings. The minimum atomic E-state index is -3.40. The highest BCUT2D eigenvalue weighted by atomic mass is 32.2. The van der Waals surface area contributed by atoms with Crippen LogP contribution in [0.4, 0.5) is 0 Å². The summed E-state index contributed by atoms with van der Waals surface area (Å²) in [5, 5.41) is 0. The molecule has 5 nitrogen and oxygen atoms in total. The first kappa shape index (κ1) is 12.0. The van der Waals surface area contributed by atoms with E-state index in [1.807, 2.05) is 0 Å². The lowest BCUT2D eigenvalue weighted by molar-refractivity contribution is 0.192. The Hall–Kier alpha value is -0.470. The van der Waals surface area contributed by atoms with Crippen molar-refractivity contribution in [3.63, 3.8) is 0 Å². The maximum absolute atomic E-state index is 11.9. The molecule has 1 aliphatic heterocycles. The molecule has 2 rings (SSSR count). The van der Waals surface area contributed by atoms with Gasteiger partial charge in [0.15, 0.2) is 0 Å². The highest BCUT2D eigenvalue weighted by Crippen LogP contribution is 2.21. The van der Waals surface area contributed by atoms with Crippen LogP contribution in [0.15, 0.2) is 16.3 Å². The lowest BCUT2D eigenvalue weighted by Gasteiger charge is -2.09. The zero-order valence-electron chi connectivity index (χ0n) is 8.68. The molecule has 1 atom stereocenters. The lowest BCUT2D eigenvalue weighted by atomic mass is 10.3. The van der Waals surface area contributed by atoms with Gasteiger partial charge in [0, 0.05) is 24.1 Å². The summed E-state index contributed by atoms with van der Waals surface area (Å²) in [5.74, 6) is 0. The lowest BCUT2D eigenvalue weighted by Crippen LogP contribution is -2.34. The van der Waals surface area contributed by atoms with E-state index in [1.165, 1.54) is 11.3 Å². The fraction of sp³-hybridized carbons (Fsp3) is 0.556. The average molecular weight is 262 g/mol. The highest BCUT2D eigenvalue weighted by molar-refractivity contribution is 7.91. The summed E-state index contributed by atoms with van der Waals surface area (Å²) < 4.78 is 31.9. The van der Waals surface area contributed by atoms with E-state index in [-0.39, 0.29) is 6.04 Å². The Bertz CT molecular complexity index is 449. The van der Waals surface area contributed by atoms with E-state index in [0.29, 0.717) is 24.0 Å². The zero-order valence-corrected chi connectivity index (χ0v) is 10.3. The van der Waals surface area contributed by atoms with Gasteiger partial charge < -0.3 is 10.5 Å². The van der Waals surface area contributed by atoms with Crippen molar-refractivity contribution in [3.8, 4) is 0 Å². The molecule has 16 heavy (non-hydrogen) atoms. The Balaban J connectivity index is 2.11. The molecular formula is C9H14N2O3S2. The summed E-state index contributed by atoms with van der Waals surface area (Å²) in [6.07, 6.45) is 0.731. The predicted octanol–water partition coefficient (Wildman–Crippen LogP) is 0.274.